The van der Waals surface area contributed by atoms with Crippen LogP contribution in [0.4, 0.5) is 0 Å². The number of rotatable bonds is 4. The van der Waals surface area contributed by atoms with Gasteiger partial charge in [-0.3, -0.25) is 0 Å². The predicted molar refractivity (Wildman–Crippen MR) is 83.2 cm³/mol. The molecule has 0 spiro atoms. The summed E-state index contributed by atoms with van der Waals surface area (Å²) in [6.07, 6.45) is 5.14. The fourth-order valence-electron chi connectivity index (χ4n) is 3.50. The van der Waals surface area contributed by atoms with Crippen LogP contribution in [0, 0.1) is 11.3 Å². The van der Waals surface area contributed by atoms with Crippen LogP contribution in [0.3, 0.4) is 0 Å². The highest BCUT2D eigenvalue weighted by Gasteiger charge is 2.32. The van der Waals surface area contributed by atoms with E-state index in [2.05, 4.69) is 30.9 Å². The molecule has 21 heavy (non-hydrogen) atoms. The number of aliphatic hydroxyl groups excluding tert-OH is 1. The average Bonchev–Trinajstić information content (AvgIpc) is 2.88. The zero-order valence-electron chi connectivity index (χ0n) is 14.1. The summed E-state index contributed by atoms with van der Waals surface area (Å²) in [4.78, 5) is 4.58. The van der Waals surface area contributed by atoms with Gasteiger partial charge in [-0.15, -0.1) is 0 Å². The normalized spacial score (nSPS) is 26.6. The molecule has 1 aromatic heterocycles. The summed E-state index contributed by atoms with van der Waals surface area (Å²) in [5.41, 5.74) is 0.396. The molecule has 0 aliphatic heterocycles. The van der Waals surface area contributed by atoms with Gasteiger partial charge in [0, 0.05) is 5.92 Å². The van der Waals surface area contributed by atoms with Gasteiger partial charge in [0.2, 0.25) is 5.89 Å². The molecule has 2 unspecified atom stereocenters. The quantitative estimate of drug-likeness (QED) is 0.901. The molecule has 1 aliphatic rings. The SMILES string of the molecule is CCC(c1nc(C2CCC(C(C)(C)C)CC2)no1)C(C)O. The summed E-state index contributed by atoms with van der Waals surface area (Å²) in [5.74, 6) is 2.61. The van der Waals surface area contributed by atoms with Crippen molar-refractivity contribution in [1.82, 2.24) is 10.1 Å². The molecule has 1 fully saturated rings. The number of hydrogen-bond donors (Lipinski definition) is 1. The molecule has 1 N–H and O–H groups in total. The van der Waals surface area contributed by atoms with E-state index in [0.717, 1.165) is 31.0 Å². The van der Waals surface area contributed by atoms with Crippen LogP contribution in [0.25, 0.3) is 0 Å². The zero-order valence-corrected chi connectivity index (χ0v) is 14.1. The van der Waals surface area contributed by atoms with E-state index >= 15 is 0 Å². The minimum absolute atomic E-state index is 0.0443. The Bertz CT molecular complexity index is 440. The third-order valence-electron chi connectivity index (χ3n) is 5.11. The molecule has 4 nitrogen and oxygen atoms in total. The van der Waals surface area contributed by atoms with Crippen LogP contribution < -0.4 is 0 Å². The number of nitrogens with zero attached hydrogens (tertiary/aromatic N) is 2. The van der Waals surface area contributed by atoms with Gasteiger partial charge >= 0.3 is 0 Å². The van der Waals surface area contributed by atoms with E-state index in [9.17, 15) is 5.11 Å². The van der Waals surface area contributed by atoms with Crippen LogP contribution in [0.5, 0.6) is 0 Å². The van der Waals surface area contributed by atoms with E-state index in [1.807, 2.05) is 6.92 Å². The first-order chi connectivity index (χ1) is 9.82. The second-order valence-electron chi connectivity index (χ2n) is 7.66. The van der Waals surface area contributed by atoms with E-state index in [4.69, 9.17) is 4.52 Å². The van der Waals surface area contributed by atoms with Crippen molar-refractivity contribution in [1.29, 1.82) is 0 Å². The number of aliphatic hydroxyl groups is 1. The summed E-state index contributed by atoms with van der Waals surface area (Å²) >= 11 is 0. The monoisotopic (exact) mass is 294 g/mol. The molecule has 2 rings (SSSR count). The highest BCUT2D eigenvalue weighted by molar-refractivity contribution is 5.02. The minimum atomic E-state index is -0.445. The van der Waals surface area contributed by atoms with Crippen molar-refractivity contribution in [3.8, 4) is 0 Å². The Morgan fingerprint density at radius 1 is 1.24 bits per heavy atom. The molecule has 2 atom stereocenters. The van der Waals surface area contributed by atoms with E-state index in [-0.39, 0.29) is 5.92 Å². The Balaban J connectivity index is 2.00. The molecule has 120 valence electrons. The molecule has 1 heterocycles. The molecule has 0 aromatic carbocycles. The number of aromatic nitrogens is 2. The predicted octanol–water partition coefficient (Wildman–Crippen LogP) is 4.26. The van der Waals surface area contributed by atoms with Crippen molar-refractivity contribution in [3.05, 3.63) is 11.7 Å². The molecular formula is C17H30N2O2. The van der Waals surface area contributed by atoms with Crippen LogP contribution in [-0.4, -0.2) is 21.4 Å². The topological polar surface area (TPSA) is 59.2 Å². The van der Waals surface area contributed by atoms with Crippen molar-refractivity contribution in [2.45, 2.75) is 84.7 Å². The standard InChI is InChI=1S/C17H30N2O2/c1-6-14(11(2)20)16-18-15(19-21-16)12-7-9-13(10-8-12)17(3,4)5/h11-14,20H,6-10H2,1-5H3. The van der Waals surface area contributed by atoms with Gasteiger partial charge in [-0.05, 0) is 50.4 Å². The van der Waals surface area contributed by atoms with Crippen LogP contribution in [-0.2, 0) is 0 Å². The van der Waals surface area contributed by atoms with Gasteiger partial charge in [0.15, 0.2) is 5.82 Å². The van der Waals surface area contributed by atoms with Crippen LogP contribution in [0.2, 0.25) is 0 Å². The van der Waals surface area contributed by atoms with Gasteiger partial charge < -0.3 is 9.63 Å². The summed E-state index contributed by atoms with van der Waals surface area (Å²) < 4.78 is 5.41. The molecular weight excluding hydrogens is 264 g/mol. The van der Waals surface area contributed by atoms with E-state index < -0.39 is 6.10 Å². The fraction of sp³-hybridized carbons (Fsp3) is 0.882. The lowest BCUT2D eigenvalue weighted by Gasteiger charge is -2.36. The third-order valence-corrected chi connectivity index (χ3v) is 5.11. The Labute approximate surface area is 128 Å². The molecule has 1 aliphatic carbocycles. The van der Waals surface area contributed by atoms with Crippen molar-refractivity contribution in [2.24, 2.45) is 11.3 Å². The Hall–Kier alpha value is -0.900. The van der Waals surface area contributed by atoms with Crippen molar-refractivity contribution < 1.29 is 9.63 Å². The maximum absolute atomic E-state index is 9.78. The summed E-state index contributed by atoms with van der Waals surface area (Å²) in [6.45, 7) is 10.8. The highest BCUT2D eigenvalue weighted by Crippen LogP contribution is 2.42. The maximum atomic E-state index is 9.78. The summed E-state index contributed by atoms with van der Waals surface area (Å²) in [6, 6.07) is 0. The first-order valence-electron chi connectivity index (χ1n) is 8.34. The number of hydrogen-bond acceptors (Lipinski definition) is 4. The second kappa shape index (κ2) is 6.47. The average molecular weight is 294 g/mol. The van der Waals surface area contributed by atoms with E-state index in [1.54, 1.807) is 6.92 Å². The lowest BCUT2D eigenvalue weighted by atomic mass is 9.70. The van der Waals surface area contributed by atoms with Gasteiger partial charge in [0.25, 0.3) is 0 Å². The first-order valence-corrected chi connectivity index (χ1v) is 8.34. The Kier molecular flexibility index (Phi) is 5.07. The van der Waals surface area contributed by atoms with Gasteiger partial charge in [0.1, 0.15) is 0 Å². The van der Waals surface area contributed by atoms with Gasteiger partial charge in [0.05, 0.1) is 12.0 Å². The zero-order chi connectivity index (χ0) is 15.6. The first kappa shape index (κ1) is 16.5. The van der Waals surface area contributed by atoms with Crippen LogP contribution in [0.15, 0.2) is 4.52 Å². The van der Waals surface area contributed by atoms with Crippen molar-refractivity contribution >= 4 is 0 Å². The molecule has 0 radical (unpaired) electrons. The largest absolute Gasteiger partial charge is 0.393 e. The van der Waals surface area contributed by atoms with Gasteiger partial charge in [-0.2, -0.15) is 4.98 Å². The second-order valence-corrected chi connectivity index (χ2v) is 7.66. The maximum Gasteiger partial charge on any atom is 0.232 e. The molecule has 1 saturated carbocycles. The molecule has 1 aromatic rings. The molecule has 0 amide bonds. The summed E-state index contributed by atoms with van der Waals surface area (Å²) in [5, 5.41) is 14.0. The molecule has 4 heteroatoms. The smallest absolute Gasteiger partial charge is 0.232 e. The molecule has 0 bridgehead atoms. The Morgan fingerprint density at radius 3 is 2.33 bits per heavy atom. The molecule has 0 saturated heterocycles. The van der Waals surface area contributed by atoms with E-state index in [0.29, 0.717) is 17.2 Å². The van der Waals surface area contributed by atoms with Gasteiger partial charge in [-0.25, -0.2) is 0 Å². The van der Waals surface area contributed by atoms with Crippen molar-refractivity contribution in [2.75, 3.05) is 0 Å². The third kappa shape index (κ3) is 3.85. The summed E-state index contributed by atoms with van der Waals surface area (Å²) in [7, 11) is 0. The van der Waals surface area contributed by atoms with Crippen molar-refractivity contribution in [3.63, 3.8) is 0 Å². The van der Waals surface area contributed by atoms with Crippen LogP contribution in [0.1, 0.15) is 90.3 Å². The fourth-order valence-corrected chi connectivity index (χ4v) is 3.50. The lowest BCUT2D eigenvalue weighted by molar-refractivity contribution is 0.141. The van der Waals surface area contributed by atoms with Gasteiger partial charge in [-0.1, -0.05) is 32.9 Å². The highest BCUT2D eigenvalue weighted by atomic mass is 16.5. The van der Waals surface area contributed by atoms with E-state index in [1.165, 1.54) is 12.8 Å². The minimum Gasteiger partial charge on any atom is -0.393 e. The lowest BCUT2D eigenvalue weighted by Crippen LogP contribution is -2.25. The van der Waals surface area contributed by atoms with Crippen LogP contribution >= 0.6 is 0 Å². The Morgan fingerprint density at radius 2 is 1.86 bits per heavy atom.